The van der Waals surface area contributed by atoms with Crippen molar-refractivity contribution in [1.82, 2.24) is 24.6 Å². The molecule has 6 heteroatoms. The first kappa shape index (κ1) is 14.2. The molecule has 0 fully saturated rings. The van der Waals surface area contributed by atoms with Crippen molar-refractivity contribution in [1.29, 1.82) is 0 Å². The highest BCUT2D eigenvalue weighted by molar-refractivity contribution is 9.10. The van der Waals surface area contributed by atoms with Crippen LogP contribution in [0.1, 0.15) is 5.56 Å². The smallest absolute Gasteiger partial charge is 0.119 e. The summed E-state index contributed by atoms with van der Waals surface area (Å²) in [5, 5.41) is 8.79. The third-order valence-corrected chi connectivity index (χ3v) is 3.85. The fraction of sp³-hybridized carbons (Fsp3) is 0.267. The molecule has 108 valence electrons. The van der Waals surface area contributed by atoms with Gasteiger partial charge in [0.25, 0.3) is 0 Å². The fourth-order valence-corrected chi connectivity index (χ4v) is 2.86. The lowest BCUT2D eigenvalue weighted by Gasteiger charge is -2.18. The Kier molecular flexibility index (Phi) is 4.26. The Morgan fingerprint density at radius 1 is 1.24 bits per heavy atom. The van der Waals surface area contributed by atoms with Gasteiger partial charge in [-0.15, -0.1) is 10.2 Å². The molecule has 0 saturated heterocycles. The maximum absolute atomic E-state index is 4.51. The van der Waals surface area contributed by atoms with E-state index in [0.29, 0.717) is 0 Å². The molecule has 21 heavy (non-hydrogen) atoms. The van der Waals surface area contributed by atoms with Crippen molar-refractivity contribution in [3.63, 3.8) is 0 Å². The van der Waals surface area contributed by atoms with E-state index >= 15 is 0 Å². The first-order valence-electron chi connectivity index (χ1n) is 6.76. The number of halogens is 1. The first-order valence-corrected chi connectivity index (χ1v) is 7.56. The highest BCUT2D eigenvalue weighted by atomic mass is 79.9. The van der Waals surface area contributed by atoms with E-state index in [4.69, 9.17) is 0 Å². The molecule has 0 spiro atoms. The number of pyridine rings is 1. The second-order valence-electron chi connectivity index (χ2n) is 5.08. The number of rotatable bonds is 5. The molecule has 0 bridgehead atoms. The largest absolute Gasteiger partial charge is 0.319 e. The lowest BCUT2D eigenvalue weighted by Crippen LogP contribution is -2.22. The summed E-state index contributed by atoms with van der Waals surface area (Å²) >= 11 is 3.58. The van der Waals surface area contributed by atoms with Crippen LogP contribution in [0.4, 0.5) is 0 Å². The predicted octanol–water partition coefficient (Wildman–Crippen LogP) is 2.72. The summed E-state index contributed by atoms with van der Waals surface area (Å²) in [7, 11) is 2.11. The molecule has 0 atom stereocenters. The Morgan fingerprint density at radius 3 is 2.86 bits per heavy atom. The Morgan fingerprint density at radius 2 is 2.05 bits per heavy atom. The van der Waals surface area contributed by atoms with E-state index in [1.54, 1.807) is 12.7 Å². The van der Waals surface area contributed by atoms with Gasteiger partial charge in [0, 0.05) is 35.7 Å². The minimum Gasteiger partial charge on any atom is -0.319 e. The van der Waals surface area contributed by atoms with Crippen LogP contribution in [0.5, 0.6) is 0 Å². The number of hydrogen-bond acceptors (Lipinski definition) is 4. The van der Waals surface area contributed by atoms with Gasteiger partial charge in [-0.2, -0.15) is 0 Å². The van der Waals surface area contributed by atoms with Crippen molar-refractivity contribution in [3.8, 4) is 0 Å². The third kappa shape index (κ3) is 3.46. The van der Waals surface area contributed by atoms with Crippen molar-refractivity contribution in [2.45, 2.75) is 13.1 Å². The molecule has 0 aliphatic carbocycles. The van der Waals surface area contributed by atoms with Crippen LogP contribution >= 0.6 is 15.9 Å². The van der Waals surface area contributed by atoms with Crippen LogP contribution in [0.2, 0.25) is 0 Å². The van der Waals surface area contributed by atoms with Gasteiger partial charge < -0.3 is 9.47 Å². The van der Waals surface area contributed by atoms with Gasteiger partial charge in [-0.3, -0.25) is 4.98 Å². The van der Waals surface area contributed by atoms with Crippen LogP contribution in [-0.4, -0.2) is 38.2 Å². The van der Waals surface area contributed by atoms with E-state index in [1.165, 1.54) is 5.56 Å². The van der Waals surface area contributed by atoms with Gasteiger partial charge in [-0.25, -0.2) is 0 Å². The summed E-state index contributed by atoms with van der Waals surface area (Å²) in [4.78, 5) is 6.79. The fourth-order valence-electron chi connectivity index (χ4n) is 2.34. The Balaban J connectivity index is 1.74. The molecule has 5 nitrogen and oxygen atoms in total. The number of fused-ring (bicyclic) bond motifs is 1. The minimum absolute atomic E-state index is 0.856. The molecular formula is C15H16BrN5. The van der Waals surface area contributed by atoms with E-state index in [2.05, 4.69) is 61.3 Å². The number of nitrogens with zero attached hydrogens (tertiary/aromatic N) is 5. The van der Waals surface area contributed by atoms with Gasteiger partial charge in [0.1, 0.15) is 12.7 Å². The maximum Gasteiger partial charge on any atom is 0.119 e. The molecule has 0 radical (unpaired) electrons. The highest BCUT2D eigenvalue weighted by Gasteiger charge is 2.07. The van der Waals surface area contributed by atoms with Crippen LogP contribution in [0, 0.1) is 0 Å². The summed E-state index contributed by atoms with van der Waals surface area (Å²) in [6, 6.07) is 8.30. The van der Waals surface area contributed by atoms with E-state index in [-0.39, 0.29) is 0 Å². The number of benzene rings is 1. The average Bonchev–Trinajstić information content (AvgIpc) is 2.98. The Labute approximate surface area is 131 Å². The van der Waals surface area contributed by atoms with Crippen LogP contribution in [0.15, 0.2) is 47.6 Å². The number of aromatic nitrogens is 4. The van der Waals surface area contributed by atoms with E-state index in [9.17, 15) is 0 Å². The van der Waals surface area contributed by atoms with Crippen molar-refractivity contribution < 1.29 is 0 Å². The summed E-state index contributed by atoms with van der Waals surface area (Å²) in [6.07, 6.45) is 5.32. The topological polar surface area (TPSA) is 46.8 Å². The summed E-state index contributed by atoms with van der Waals surface area (Å²) in [5.74, 6) is 0. The third-order valence-electron chi connectivity index (χ3n) is 3.40. The van der Waals surface area contributed by atoms with Crippen LogP contribution in [0.25, 0.3) is 10.9 Å². The zero-order chi connectivity index (χ0) is 14.7. The summed E-state index contributed by atoms with van der Waals surface area (Å²) < 4.78 is 3.07. The minimum atomic E-state index is 0.856. The van der Waals surface area contributed by atoms with Crippen molar-refractivity contribution >= 4 is 26.8 Å². The molecular weight excluding hydrogens is 330 g/mol. The molecule has 0 aliphatic rings. The van der Waals surface area contributed by atoms with Gasteiger partial charge in [0.2, 0.25) is 0 Å². The number of likely N-dealkylation sites (N-methyl/N-ethyl adjacent to an activating group) is 1. The van der Waals surface area contributed by atoms with E-state index in [1.807, 2.05) is 16.8 Å². The van der Waals surface area contributed by atoms with E-state index in [0.717, 1.165) is 35.0 Å². The molecule has 0 amide bonds. The molecule has 1 aromatic carbocycles. The van der Waals surface area contributed by atoms with Crippen molar-refractivity contribution in [3.05, 3.63) is 53.2 Å². The maximum atomic E-state index is 4.51. The Hall–Kier alpha value is -1.79. The van der Waals surface area contributed by atoms with Gasteiger partial charge >= 0.3 is 0 Å². The van der Waals surface area contributed by atoms with E-state index < -0.39 is 0 Å². The summed E-state index contributed by atoms with van der Waals surface area (Å²) in [5.41, 5.74) is 2.29. The predicted molar refractivity (Wildman–Crippen MR) is 85.8 cm³/mol. The quantitative estimate of drug-likeness (QED) is 0.713. The van der Waals surface area contributed by atoms with Gasteiger partial charge in [0.15, 0.2) is 0 Å². The zero-order valence-corrected chi connectivity index (χ0v) is 13.4. The van der Waals surface area contributed by atoms with Gasteiger partial charge in [-0.1, -0.05) is 22.0 Å². The monoisotopic (exact) mass is 345 g/mol. The molecule has 0 N–H and O–H groups in total. The highest BCUT2D eigenvalue weighted by Crippen LogP contribution is 2.23. The first-order chi connectivity index (χ1) is 10.2. The SMILES string of the molecule is CN(CCn1cnnc1)Cc1cc(Br)cc2cccnc12. The molecule has 0 unspecified atom stereocenters. The number of hydrogen-bond donors (Lipinski definition) is 0. The zero-order valence-electron chi connectivity index (χ0n) is 11.8. The molecule has 0 saturated carbocycles. The van der Waals surface area contributed by atoms with Crippen molar-refractivity contribution in [2.75, 3.05) is 13.6 Å². The normalized spacial score (nSPS) is 11.4. The van der Waals surface area contributed by atoms with Crippen molar-refractivity contribution in [2.24, 2.45) is 0 Å². The molecule has 3 aromatic rings. The lowest BCUT2D eigenvalue weighted by molar-refractivity contribution is 0.312. The van der Waals surface area contributed by atoms with Crippen LogP contribution in [0.3, 0.4) is 0 Å². The second kappa shape index (κ2) is 6.32. The molecule has 2 aromatic heterocycles. The van der Waals surface area contributed by atoms with Gasteiger partial charge in [-0.05, 0) is 30.8 Å². The molecule has 2 heterocycles. The van der Waals surface area contributed by atoms with Gasteiger partial charge in [0.05, 0.1) is 5.52 Å². The Bertz CT molecular complexity index is 726. The summed E-state index contributed by atoms with van der Waals surface area (Å²) in [6.45, 7) is 2.66. The lowest BCUT2D eigenvalue weighted by atomic mass is 10.1. The standard InChI is InChI=1S/C15H16BrN5/c1-20(5-6-21-10-18-19-11-21)9-13-8-14(16)7-12-3-2-4-17-15(12)13/h2-4,7-8,10-11H,5-6,9H2,1H3. The molecule has 3 rings (SSSR count). The average molecular weight is 346 g/mol. The second-order valence-corrected chi connectivity index (χ2v) is 5.99. The van der Waals surface area contributed by atoms with Crippen LogP contribution < -0.4 is 0 Å². The van der Waals surface area contributed by atoms with Crippen LogP contribution in [-0.2, 0) is 13.1 Å². The molecule has 0 aliphatic heterocycles.